The SMILES string of the molecule is Fc1cc(Cl)c(C(Br)c2cccs2)cc1F. The number of rotatable bonds is 2. The summed E-state index contributed by atoms with van der Waals surface area (Å²) in [5.41, 5.74) is 0.531. The van der Waals surface area contributed by atoms with Crippen molar-refractivity contribution in [3.8, 4) is 0 Å². The highest BCUT2D eigenvalue weighted by atomic mass is 79.9. The van der Waals surface area contributed by atoms with Gasteiger partial charge in [0.2, 0.25) is 0 Å². The normalized spacial score (nSPS) is 12.8. The van der Waals surface area contributed by atoms with Gasteiger partial charge in [-0.1, -0.05) is 33.6 Å². The minimum absolute atomic E-state index is 0.213. The third kappa shape index (κ3) is 2.29. The third-order valence-corrected chi connectivity index (χ3v) is 4.66. The molecule has 0 spiro atoms. The lowest BCUT2D eigenvalue weighted by molar-refractivity contribution is 0.507. The van der Waals surface area contributed by atoms with Gasteiger partial charge in [-0.25, -0.2) is 8.78 Å². The van der Waals surface area contributed by atoms with Gasteiger partial charge in [-0.05, 0) is 29.1 Å². The quantitative estimate of drug-likeness (QED) is 0.529. The van der Waals surface area contributed by atoms with E-state index in [1.165, 1.54) is 11.3 Å². The first-order valence-electron chi connectivity index (χ1n) is 4.41. The number of halogens is 4. The van der Waals surface area contributed by atoms with E-state index in [1.807, 2.05) is 17.5 Å². The summed E-state index contributed by atoms with van der Waals surface area (Å²) in [6.45, 7) is 0. The minimum Gasteiger partial charge on any atom is -0.204 e. The Morgan fingerprint density at radius 3 is 2.56 bits per heavy atom. The maximum absolute atomic E-state index is 13.1. The van der Waals surface area contributed by atoms with E-state index in [-0.39, 0.29) is 9.85 Å². The highest BCUT2D eigenvalue weighted by Gasteiger charge is 2.17. The van der Waals surface area contributed by atoms with E-state index in [4.69, 9.17) is 11.6 Å². The number of thiophene rings is 1. The Morgan fingerprint density at radius 2 is 1.94 bits per heavy atom. The molecule has 0 saturated heterocycles. The standard InChI is InChI=1S/C11H6BrClF2S/c12-11(10-2-1-3-16-10)6-4-8(14)9(15)5-7(6)13/h1-5,11H. The van der Waals surface area contributed by atoms with Crippen molar-refractivity contribution >= 4 is 38.9 Å². The Kier molecular flexibility index (Phi) is 3.62. The summed E-state index contributed by atoms with van der Waals surface area (Å²) < 4.78 is 26.0. The molecule has 1 atom stereocenters. The van der Waals surface area contributed by atoms with Gasteiger partial charge in [-0.2, -0.15) is 0 Å². The Morgan fingerprint density at radius 1 is 1.25 bits per heavy atom. The molecule has 0 bridgehead atoms. The molecule has 16 heavy (non-hydrogen) atoms. The van der Waals surface area contributed by atoms with Crippen LogP contribution in [0.4, 0.5) is 8.78 Å². The highest BCUT2D eigenvalue weighted by molar-refractivity contribution is 9.09. The summed E-state index contributed by atoms with van der Waals surface area (Å²) in [6, 6.07) is 5.91. The zero-order valence-corrected chi connectivity index (χ0v) is 11.0. The lowest BCUT2D eigenvalue weighted by Gasteiger charge is -2.10. The third-order valence-electron chi connectivity index (χ3n) is 2.11. The van der Waals surface area contributed by atoms with E-state index in [0.29, 0.717) is 5.56 Å². The van der Waals surface area contributed by atoms with Gasteiger partial charge in [-0.3, -0.25) is 0 Å². The van der Waals surface area contributed by atoms with Gasteiger partial charge in [-0.15, -0.1) is 11.3 Å². The zero-order chi connectivity index (χ0) is 11.7. The van der Waals surface area contributed by atoms with E-state index in [1.54, 1.807) is 0 Å². The molecule has 0 amide bonds. The Hall–Kier alpha value is -0.450. The van der Waals surface area contributed by atoms with E-state index in [9.17, 15) is 8.78 Å². The van der Waals surface area contributed by atoms with Crippen molar-refractivity contribution in [3.05, 3.63) is 56.7 Å². The molecule has 0 radical (unpaired) electrons. The van der Waals surface area contributed by atoms with Crippen LogP contribution in [-0.2, 0) is 0 Å². The second kappa shape index (κ2) is 4.82. The van der Waals surface area contributed by atoms with Gasteiger partial charge in [0.15, 0.2) is 11.6 Å². The molecule has 5 heteroatoms. The lowest BCUT2D eigenvalue weighted by Crippen LogP contribution is -1.95. The van der Waals surface area contributed by atoms with Crippen LogP contribution < -0.4 is 0 Å². The van der Waals surface area contributed by atoms with Crippen LogP contribution in [0.1, 0.15) is 15.3 Å². The minimum atomic E-state index is -0.931. The molecule has 0 nitrogen and oxygen atoms in total. The van der Waals surface area contributed by atoms with Gasteiger partial charge >= 0.3 is 0 Å². The predicted octanol–water partition coefficient (Wildman–Crippen LogP) is 5.16. The van der Waals surface area contributed by atoms with Crippen molar-refractivity contribution in [3.63, 3.8) is 0 Å². The Balaban J connectivity index is 2.44. The monoisotopic (exact) mass is 322 g/mol. The molecule has 84 valence electrons. The van der Waals surface area contributed by atoms with Crippen LogP contribution in [-0.4, -0.2) is 0 Å². The van der Waals surface area contributed by atoms with Crippen molar-refractivity contribution in [1.82, 2.24) is 0 Å². The van der Waals surface area contributed by atoms with Crippen molar-refractivity contribution in [2.75, 3.05) is 0 Å². The molecular weight excluding hydrogens is 318 g/mol. The first-order chi connectivity index (χ1) is 7.59. The molecule has 1 aromatic heterocycles. The maximum Gasteiger partial charge on any atom is 0.160 e. The molecule has 1 aromatic carbocycles. The smallest absolute Gasteiger partial charge is 0.160 e. The van der Waals surface area contributed by atoms with Crippen molar-refractivity contribution in [2.24, 2.45) is 0 Å². The molecule has 1 heterocycles. The van der Waals surface area contributed by atoms with E-state index < -0.39 is 11.6 Å². The van der Waals surface area contributed by atoms with E-state index >= 15 is 0 Å². The number of hydrogen-bond acceptors (Lipinski definition) is 1. The van der Waals surface area contributed by atoms with Crippen molar-refractivity contribution in [2.45, 2.75) is 4.83 Å². The van der Waals surface area contributed by atoms with Gasteiger partial charge in [0, 0.05) is 9.90 Å². The van der Waals surface area contributed by atoms with Crippen LogP contribution >= 0.6 is 38.9 Å². The number of benzene rings is 1. The van der Waals surface area contributed by atoms with Crippen LogP contribution in [0.5, 0.6) is 0 Å². The number of alkyl halides is 1. The molecule has 0 fully saturated rings. The fourth-order valence-electron chi connectivity index (χ4n) is 1.32. The summed E-state index contributed by atoms with van der Waals surface area (Å²) >= 11 is 10.8. The van der Waals surface area contributed by atoms with E-state index in [0.717, 1.165) is 17.0 Å². The van der Waals surface area contributed by atoms with Gasteiger partial charge in [0.25, 0.3) is 0 Å². The van der Waals surface area contributed by atoms with Crippen LogP contribution in [0.3, 0.4) is 0 Å². The maximum atomic E-state index is 13.1. The van der Waals surface area contributed by atoms with Gasteiger partial charge in [0.1, 0.15) is 0 Å². The molecule has 2 aromatic rings. The first-order valence-corrected chi connectivity index (χ1v) is 6.59. The van der Waals surface area contributed by atoms with Crippen LogP contribution in [0, 0.1) is 11.6 Å². The summed E-state index contributed by atoms with van der Waals surface area (Å²) in [5.74, 6) is -1.82. The average molecular weight is 324 g/mol. The Bertz CT molecular complexity index is 499. The zero-order valence-electron chi connectivity index (χ0n) is 7.88. The largest absolute Gasteiger partial charge is 0.204 e. The molecular formula is C11H6BrClF2S. The van der Waals surface area contributed by atoms with Crippen molar-refractivity contribution < 1.29 is 8.78 Å². The van der Waals surface area contributed by atoms with Crippen LogP contribution in [0.15, 0.2) is 29.6 Å². The summed E-state index contributed by atoms with van der Waals surface area (Å²) in [5, 5.41) is 2.13. The van der Waals surface area contributed by atoms with Gasteiger partial charge < -0.3 is 0 Å². The molecule has 0 aliphatic rings. The lowest BCUT2D eigenvalue weighted by atomic mass is 10.1. The summed E-state index contributed by atoms with van der Waals surface area (Å²) in [6.07, 6.45) is 0. The fraction of sp³-hybridized carbons (Fsp3) is 0.0909. The first kappa shape index (κ1) is 12.0. The second-order valence-electron chi connectivity index (χ2n) is 3.17. The topological polar surface area (TPSA) is 0 Å². The van der Waals surface area contributed by atoms with Crippen LogP contribution in [0.2, 0.25) is 5.02 Å². The van der Waals surface area contributed by atoms with Crippen molar-refractivity contribution in [1.29, 1.82) is 0 Å². The second-order valence-corrected chi connectivity index (χ2v) is 5.47. The molecule has 0 N–H and O–H groups in total. The molecule has 1 unspecified atom stereocenters. The molecule has 2 rings (SSSR count). The average Bonchev–Trinajstić information content (AvgIpc) is 2.75. The van der Waals surface area contributed by atoms with Gasteiger partial charge in [0.05, 0.1) is 4.83 Å². The summed E-state index contributed by atoms with van der Waals surface area (Å²) in [4.78, 5) is 0.781. The Labute approximate surface area is 109 Å². The predicted molar refractivity (Wildman–Crippen MR) is 66.5 cm³/mol. The molecule has 0 aliphatic carbocycles. The van der Waals surface area contributed by atoms with E-state index in [2.05, 4.69) is 15.9 Å². The summed E-state index contributed by atoms with van der Waals surface area (Å²) in [7, 11) is 0. The van der Waals surface area contributed by atoms with Crippen LogP contribution in [0.25, 0.3) is 0 Å². The fourth-order valence-corrected chi connectivity index (χ4v) is 3.29. The number of hydrogen-bond donors (Lipinski definition) is 0. The highest BCUT2D eigenvalue weighted by Crippen LogP contribution is 2.38. The molecule has 0 saturated carbocycles. The molecule has 0 aliphatic heterocycles.